The Kier molecular flexibility index (Phi) is 8.25. The number of halogens is 1. The van der Waals surface area contributed by atoms with Crippen LogP contribution in [-0.4, -0.2) is 37.2 Å². The summed E-state index contributed by atoms with van der Waals surface area (Å²) >= 11 is 6.88. The standard InChI is InChI=1S/C21H24ClNO6S/c1-6-27-20(25)17-13(5)18(21(26)29-11(2)3)30-19(17)23-16(24)10-28-15-8-7-14(22)9-12(15)4/h7-9,11H,6,10H2,1-5H3,(H,23,24). The molecule has 1 aromatic heterocycles. The fourth-order valence-corrected chi connectivity index (χ4v) is 3.91. The molecule has 1 N–H and O–H groups in total. The molecule has 162 valence electrons. The lowest BCUT2D eigenvalue weighted by molar-refractivity contribution is -0.118. The highest BCUT2D eigenvalue weighted by Gasteiger charge is 2.27. The molecule has 0 saturated heterocycles. The van der Waals surface area contributed by atoms with Gasteiger partial charge in [0.05, 0.1) is 18.3 Å². The van der Waals surface area contributed by atoms with Gasteiger partial charge in [-0.3, -0.25) is 4.79 Å². The van der Waals surface area contributed by atoms with Crippen molar-refractivity contribution in [2.24, 2.45) is 0 Å². The van der Waals surface area contributed by atoms with Gasteiger partial charge in [-0.25, -0.2) is 9.59 Å². The molecule has 0 atom stereocenters. The van der Waals surface area contributed by atoms with Gasteiger partial charge in [0.1, 0.15) is 15.6 Å². The van der Waals surface area contributed by atoms with E-state index in [2.05, 4.69) is 5.32 Å². The van der Waals surface area contributed by atoms with Gasteiger partial charge in [0.2, 0.25) is 0 Å². The van der Waals surface area contributed by atoms with Gasteiger partial charge in [0.25, 0.3) is 5.91 Å². The quantitative estimate of drug-likeness (QED) is 0.578. The monoisotopic (exact) mass is 453 g/mol. The molecule has 2 aromatic rings. The number of thiophene rings is 1. The number of hydrogen-bond acceptors (Lipinski definition) is 7. The number of anilines is 1. The lowest BCUT2D eigenvalue weighted by Gasteiger charge is -2.10. The maximum atomic E-state index is 12.4. The Hall–Kier alpha value is -2.58. The zero-order valence-electron chi connectivity index (χ0n) is 17.5. The van der Waals surface area contributed by atoms with Crippen LogP contribution in [0.5, 0.6) is 5.75 Å². The smallest absolute Gasteiger partial charge is 0.348 e. The van der Waals surface area contributed by atoms with Gasteiger partial charge in [-0.1, -0.05) is 11.6 Å². The highest BCUT2D eigenvalue weighted by Crippen LogP contribution is 2.34. The van der Waals surface area contributed by atoms with E-state index in [0.29, 0.717) is 16.3 Å². The fraction of sp³-hybridized carbons (Fsp3) is 0.381. The van der Waals surface area contributed by atoms with E-state index in [1.165, 1.54) is 0 Å². The summed E-state index contributed by atoms with van der Waals surface area (Å²) in [5, 5.41) is 3.42. The molecular weight excluding hydrogens is 430 g/mol. The second kappa shape index (κ2) is 10.4. The van der Waals surface area contributed by atoms with Crippen LogP contribution in [0.4, 0.5) is 5.00 Å². The molecule has 1 aromatic carbocycles. The summed E-state index contributed by atoms with van der Waals surface area (Å²) in [5.74, 6) is -1.16. The van der Waals surface area contributed by atoms with Crippen molar-refractivity contribution in [2.45, 2.75) is 40.7 Å². The molecule has 0 spiro atoms. The van der Waals surface area contributed by atoms with E-state index in [1.54, 1.807) is 45.9 Å². The Morgan fingerprint density at radius 2 is 1.87 bits per heavy atom. The highest BCUT2D eigenvalue weighted by molar-refractivity contribution is 7.18. The number of rotatable bonds is 8. The van der Waals surface area contributed by atoms with E-state index in [-0.39, 0.29) is 34.8 Å². The Balaban J connectivity index is 2.22. The largest absolute Gasteiger partial charge is 0.483 e. The van der Waals surface area contributed by atoms with Gasteiger partial charge in [0.15, 0.2) is 6.61 Å². The maximum absolute atomic E-state index is 12.4. The average molecular weight is 454 g/mol. The molecule has 0 aliphatic heterocycles. The van der Waals surface area contributed by atoms with Crippen molar-refractivity contribution in [3.63, 3.8) is 0 Å². The third-order valence-electron chi connectivity index (χ3n) is 3.90. The van der Waals surface area contributed by atoms with Crippen molar-refractivity contribution in [1.82, 2.24) is 0 Å². The lowest BCUT2D eigenvalue weighted by Crippen LogP contribution is -2.21. The van der Waals surface area contributed by atoms with Crippen LogP contribution in [0.1, 0.15) is 51.9 Å². The fourth-order valence-electron chi connectivity index (χ4n) is 2.59. The first-order valence-corrected chi connectivity index (χ1v) is 10.5. The molecule has 2 rings (SSSR count). The minimum atomic E-state index is -0.625. The van der Waals surface area contributed by atoms with Crippen molar-refractivity contribution in [3.8, 4) is 5.75 Å². The predicted octanol–water partition coefficient (Wildman–Crippen LogP) is 4.78. The first-order chi connectivity index (χ1) is 14.1. The molecule has 0 bridgehead atoms. The molecule has 0 aliphatic carbocycles. The van der Waals surface area contributed by atoms with Gasteiger partial charge >= 0.3 is 11.9 Å². The summed E-state index contributed by atoms with van der Waals surface area (Å²) in [6.45, 7) is 8.43. The second-order valence-electron chi connectivity index (χ2n) is 6.68. The Morgan fingerprint density at radius 3 is 2.47 bits per heavy atom. The molecule has 0 saturated carbocycles. The van der Waals surface area contributed by atoms with Crippen LogP contribution in [0.2, 0.25) is 5.02 Å². The molecule has 30 heavy (non-hydrogen) atoms. The molecule has 0 radical (unpaired) electrons. The minimum absolute atomic E-state index is 0.133. The predicted molar refractivity (Wildman–Crippen MR) is 116 cm³/mol. The number of benzene rings is 1. The Labute approximate surface area is 184 Å². The van der Waals surface area contributed by atoms with E-state index in [9.17, 15) is 14.4 Å². The van der Waals surface area contributed by atoms with E-state index < -0.39 is 17.8 Å². The summed E-state index contributed by atoms with van der Waals surface area (Å²) in [4.78, 5) is 37.5. The first-order valence-electron chi connectivity index (χ1n) is 9.34. The third-order valence-corrected chi connectivity index (χ3v) is 5.33. The highest BCUT2D eigenvalue weighted by atomic mass is 35.5. The normalized spacial score (nSPS) is 10.6. The number of carbonyl (C=O) groups is 3. The first kappa shape index (κ1) is 23.7. The van der Waals surface area contributed by atoms with Crippen molar-refractivity contribution in [2.75, 3.05) is 18.5 Å². The number of carbonyl (C=O) groups excluding carboxylic acids is 3. The number of ether oxygens (including phenoxy) is 3. The number of hydrogen-bond donors (Lipinski definition) is 1. The van der Waals surface area contributed by atoms with Crippen LogP contribution >= 0.6 is 22.9 Å². The summed E-state index contributed by atoms with van der Waals surface area (Å²) in [6.07, 6.45) is -0.320. The van der Waals surface area contributed by atoms with Crippen LogP contribution in [0.3, 0.4) is 0 Å². The zero-order chi connectivity index (χ0) is 22.4. The van der Waals surface area contributed by atoms with E-state index in [0.717, 1.165) is 16.9 Å². The molecule has 1 amide bonds. The van der Waals surface area contributed by atoms with Crippen molar-refractivity contribution >= 4 is 45.8 Å². The van der Waals surface area contributed by atoms with Crippen LogP contribution in [0, 0.1) is 13.8 Å². The summed E-state index contributed by atoms with van der Waals surface area (Å²) in [5.41, 5.74) is 1.32. The van der Waals surface area contributed by atoms with Crippen LogP contribution in [0.25, 0.3) is 0 Å². The van der Waals surface area contributed by atoms with Gasteiger partial charge in [-0.2, -0.15) is 0 Å². The molecule has 1 heterocycles. The van der Waals surface area contributed by atoms with Crippen LogP contribution < -0.4 is 10.1 Å². The number of amides is 1. The zero-order valence-corrected chi connectivity index (χ0v) is 19.0. The summed E-state index contributed by atoms with van der Waals surface area (Å²) in [6, 6.07) is 5.06. The third kappa shape index (κ3) is 5.96. The van der Waals surface area contributed by atoms with Gasteiger partial charge in [-0.05, 0) is 63.9 Å². The topological polar surface area (TPSA) is 90.9 Å². The lowest BCUT2D eigenvalue weighted by atomic mass is 10.1. The van der Waals surface area contributed by atoms with E-state index >= 15 is 0 Å². The van der Waals surface area contributed by atoms with Gasteiger partial charge in [-0.15, -0.1) is 11.3 Å². The second-order valence-corrected chi connectivity index (χ2v) is 8.14. The summed E-state index contributed by atoms with van der Waals surface area (Å²) in [7, 11) is 0. The molecule has 9 heteroatoms. The van der Waals surface area contributed by atoms with Crippen molar-refractivity contribution in [1.29, 1.82) is 0 Å². The number of aryl methyl sites for hydroxylation is 1. The average Bonchev–Trinajstić information content (AvgIpc) is 2.96. The van der Waals surface area contributed by atoms with Gasteiger partial charge < -0.3 is 19.5 Å². The SMILES string of the molecule is CCOC(=O)c1c(NC(=O)COc2ccc(Cl)cc2C)sc(C(=O)OC(C)C)c1C. The van der Waals surface area contributed by atoms with Crippen molar-refractivity contribution in [3.05, 3.63) is 44.8 Å². The van der Waals surface area contributed by atoms with E-state index in [4.69, 9.17) is 25.8 Å². The molecule has 0 fully saturated rings. The van der Waals surface area contributed by atoms with Crippen molar-refractivity contribution < 1.29 is 28.6 Å². The number of nitrogens with one attached hydrogen (secondary N) is 1. The molecule has 0 aliphatic rings. The molecular formula is C21H24ClNO6S. The minimum Gasteiger partial charge on any atom is -0.483 e. The van der Waals surface area contributed by atoms with Crippen LogP contribution in [0.15, 0.2) is 18.2 Å². The van der Waals surface area contributed by atoms with E-state index in [1.807, 2.05) is 6.92 Å². The Morgan fingerprint density at radius 1 is 1.17 bits per heavy atom. The number of esters is 2. The molecule has 7 nitrogen and oxygen atoms in total. The maximum Gasteiger partial charge on any atom is 0.348 e. The van der Waals surface area contributed by atoms with Crippen LogP contribution in [-0.2, 0) is 14.3 Å². The molecule has 0 unspecified atom stereocenters. The summed E-state index contributed by atoms with van der Waals surface area (Å²) < 4.78 is 15.8. The Bertz CT molecular complexity index is 953. The van der Waals surface area contributed by atoms with Gasteiger partial charge in [0, 0.05) is 5.02 Å².